The molecule has 0 aromatic heterocycles. The third-order valence-electron chi connectivity index (χ3n) is 5.60. The molecule has 1 saturated heterocycles. The molecule has 0 saturated carbocycles. The summed E-state index contributed by atoms with van der Waals surface area (Å²) in [6.45, 7) is 3.35. The van der Waals surface area contributed by atoms with Crippen molar-refractivity contribution in [2.24, 2.45) is 0 Å². The standard InChI is InChI=1S/C26H26N2O2/c1-19(21-12-14-23(15-13-21)22-8-3-2-4-9-22)27-26(30)24-10-5-7-20(17-24)18-28-16-6-11-25(28)29/h2-5,7-10,12-15,17,19H,6,11,16,18H2,1H3,(H,27,30)/t19-/m1/s1. The van der Waals surface area contributed by atoms with Crippen LogP contribution in [0.25, 0.3) is 11.1 Å². The fraction of sp³-hybridized carbons (Fsp3) is 0.231. The molecule has 0 bridgehead atoms. The fourth-order valence-electron chi connectivity index (χ4n) is 3.86. The Kier molecular flexibility index (Phi) is 5.94. The molecule has 0 radical (unpaired) electrons. The lowest BCUT2D eigenvalue weighted by molar-refractivity contribution is -0.128. The van der Waals surface area contributed by atoms with Crippen molar-refractivity contribution < 1.29 is 9.59 Å². The minimum Gasteiger partial charge on any atom is -0.346 e. The number of rotatable bonds is 6. The molecule has 4 nitrogen and oxygen atoms in total. The summed E-state index contributed by atoms with van der Waals surface area (Å²) in [5.74, 6) is 0.0849. The zero-order chi connectivity index (χ0) is 20.9. The summed E-state index contributed by atoms with van der Waals surface area (Å²) in [6.07, 6.45) is 1.54. The lowest BCUT2D eigenvalue weighted by Crippen LogP contribution is -2.27. The van der Waals surface area contributed by atoms with Gasteiger partial charge in [-0.3, -0.25) is 9.59 Å². The Morgan fingerprint density at radius 2 is 1.70 bits per heavy atom. The molecule has 1 aliphatic heterocycles. The Morgan fingerprint density at radius 3 is 2.40 bits per heavy atom. The van der Waals surface area contributed by atoms with E-state index in [9.17, 15) is 9.59 Å². The third-order valence-corrected chi connectivity index (χ3v) is 5.60. The van der Waals surface area contributed by atoms with E-state index in [-0.39, 0.29) is 17.9 Å². The molecule has 1 fully saturated rings. The maximum Gasteiger partial charge on any atom is 0.251 e. The van der Waals surface area contributed by atoms with Crippen LogP contribution in [0.2, 0.25) is 0 Å². The lowest BCUT2D eigenvalue weighted by Gasteiger charge is -2.17. The van der Waals surface area contributed by atoms with Gasteiger partial charge in [0.1, 0.15) is 0 Å². The van der Waals surface area contributed by atoms with Gasteiger partial charge in [-0.05, 0) is 47.7 Å². The topological polar surface area (TPSA) is 49.4 Å². The number of carbonyl (C=O) groups excluding carboxylic acids is 2. The Labute approximate surface area is 177 Å². The van der Waals surface area contributed by atoms with Gasteiger partial charge >= 0.3 is 0 Å². The van der Waals surface area contributed by atoms with E-state index in [0.29, 0.717) is 18.5 Å². The molecule has 0 spiro atoms. The van der Waals surface area contributed by atoms with Gasteiger partial charge in [0.25, 0.3) is 5.91 Å². The summed E-state index contributed by atoms with van der Waals surface area (Å²) in [6, 6.07) is 26.0. The highest BCUT2D eigenvalue weighted by Gasteiger charge is 2.20. The van der Waals surface area contributed by atoms with Crippen LogP contribution in [-0.4, -0.2) is 23.3 Å². The van der Waals surface area contributed by atoms with Crippen LogP contribution in [0.15, 0.2) is 78.9 Å². The maximum absolute atomic E-state index is 12.8. The summed E-state index contributed by atoms with van der Waals surface area (Å²) in [5.41, 5.74) is 4.99. The maximum atomic E-state index is 12.8. The van der Waals surface area contributed by atoms with Crippen molar-refractivity contribution in [1.29, 1.82) is 0 Å². The predicted molar refractivity (Wildman–Crippen MR) is 119 cm³/mol. The summed E-state index contributed by atoms with van der Waals surface area (Å²) in [4.78, 5) is 26.5. The van der Waals surface area contributed by atoms with Gasteiger partial charge in [0, 0.05) is 25.1 Å². The highest BCUT2D eigenvalue weighted by molar-refractivity contribution is 5.94. The number of carbonyl (C=O) groups is 2. The van der Waals surface area contributed by atoms with E-state index >= 15 is 0 Å². The van der Waals surface area contributed by atoms with Gasteiger partial charge in [-0.1, -0.05) is 66.7 Å². The Hall–Kier alpha value is -3.40. The first-order valence-corrected chi connectivity index (χ1v) is 10.4. The first-order valence-electron chi connectivity index (χ1n) is 10.4. The molecule has 4 heteroatoms. The highest BCUT2D eigenvalue weighted by Crippen LogP contribution is 2.22. The Balaban J connectivity index is 1.41. The molecule has 30 heavy (non-hydrogen) atoms. The van der Waals surface area contributed by atoms with Crippen LogP contribution in [-0.2, 0) is 11.3 Å². The summed E-state index contributed by atoms with van der Waals surface area (Å²) < 4.78 is 0. The number of nitrogens with one attached hydrogen (secondary N) is 1. The molecule has 3 aromatic carbocycles. The zero-order valence-corrected chi connectivity index (χ0v) is 17.2. The number of amides is 2. The molecule has 1 atom stereocenters. The molecule has 0 aliphatic carbocycles. The molecule has 2 amide bonds. The van der Waals surface area contributed by atoms with E-state index in [2.05, 4.69) is 41.7 Å². The van der Waals surface area contributed by atoms with Crippen molar-refractivity contribution in [3.05, 3.63) is 95.6 Å². The van der Waals surface area contributed by atoms with Crippen LogP contribution in [0.4, 0.5) is 0 Å². The average Bonchev–Trinajstić information content (AvgIpc) is 3.19. The second-order valence-corrected chi connectivity index (χ2v) is 7.80. The molecular weight excluding hydrogens is 372 g/mol. The van der Waals surface area contributed by atoms with Gasteiger partial charge in [-0.2, -0.15) is 0 Å². The third kappa shape index (κ3) is 4.60. The van der Waals surface area contributed by atoms with Crippen LogP contribution < -0.4 is 5.32 Å². The molecule has 152 valence electrons. The molecular formula is C26H26N2O2. The summed E-state index contributed by atoms with van der Waals surface area (Å²) >= 11 is 0. The van der Waals surface area contributed by atoms with E-state index in [1.807, 2.05) is 54.3 Å². The SMILES string of the molecule is C[C@@H](NC(=O)c1cccc(CN2CCCC2=O)c1)c1ccc(-c2ccccc2)cc1. The number of benzene rings is 3. The van der Waals surface area contributed by atoms with Gasteiger partial charge in [-0.15, -0.1) is 0 Å². The quantitative estimate of drug-likeness (QED) is 0.637. The molecule has 4 rings (SSSR count). The number of hydrogen-bond acceptors (Lipinski definition) is 2. The van der Waals surface area contributed by atoms with E-state index < -0.39 is 0 Å². The average molecular weight is 399 g/mol. The van der Waals surface area contributed by atoms with E-state index in [4.69, 9.17) is 0 Å². The van der Waals surface area contributed by atoms with Crippen molar-refractivity contribution >= 4 is 11.8 Å². The second kappa shape index (κ2) is 8.95. The van der Waals surface area contributed by atoms with Gasteiger partial charge in [0.15, 0.2) is 0 Å². The van der Waals surface area contributed by atoms with Crippen LogP contribution in [0, 0.1) is 0 Å². The van der Waals surface area contributed by atoms with Crippen molar-refractivity contribution in [1.82, 2.24) is 10.2 Å². The summed E-state index contributed by atoms with van der Waals surface area (Å²) in [7, 11) is 0. The minimum absolute atomic E-state index is 0.105. The lowest BCUT2D eigenvalue weighted by atomic mass is 10.0. The minimum atomic E-state index is -0.107. The van der Waals surface area contributed by atoms with E-state index in [1.165, 1.54) is 5.56 Å². The molecule has 1 aliphatic rings. The van der Waals surface area contributed by atoms with E-state index in [0.717, 1.165) is 29.7 Å². The van der Waals surface area contributed by atoms with Crippen molar-refractivity contribution in [2.75, 3.05) is 6.54 Å². The zero-order valence-electron chi connectivity index (χ0n) is 17.2. The molecule has 3 aromatic rings. The van der Waals surface area contributed by atoms with Gasteiger partial charge in [0.2, 0.25) is 5.91 Å². The smallest absolute Gasteiger partial charge is 0.251 e. The second-order valence-electron chi connectivity index (χ2n) is 7.80. The summed E-state index contributed by atoms with van der Waals surface area (Å²) in [5, 5.41) is 3.08. The number of likely N-dealkylation sites (tertiary alicyclic amines) is 1. The van der Waals surface area contributed by atoms with Crippen LogP contribution in [0.5, 0.6) is 0 Å². The normalized spacial score (nSPS) is 14.6. The van der Waals surface area contributed by atoms with Crippen molar-refractivity contribution in [2.45, 2.75) is 32.4 Å². The van der Waals surface area contributed by atoms with Gasteiger partial charge in [0.05, 0.1) is 6.04 Å². The van der Waals surface area contributed by atoms with Crippen molar-refractivity contribution in [3.63, 3.8) is 0 Å². The number of hydrogen-bond donors (Lipinski definition) is 1. The van der Waals surface area contributed by atoms with Crippen LogP contribution in [0.1, 0.15) is 47.3 Å². The number of nitrogens with zero attached hydrogens (tertiary/aromatic N) is 1. The fourth-order valence-corrected chi connectivity index (χ4v) is 3.86. The van der Waals surface area contributed by atoms with Gasteiger partial charge in [-0.25, -0.2) is 0 Å². The molecule has 1 heterocycles. The highest BCUT2D eigenvalue weighted by atomic mass is 16.2. The van der Waals surface area contributed by atoms with E-state index in [1.54, 1.807) is 0 Å². The first kappa shape index (κ1) is 19.9. The largest absolute Gasteiger partial charge is 0.346 e. The Morgan fingerprint density at radius 1 is 0.967 bits per heavy atom. The first-order chi connectivity index (χ1) is 14.6. The monoisotopic (exact) mass is 398 g/mol. The molecule has 0 unspecified atom stereocenters. The van der Waals surface area contributed by atoms with Gasteiger partial charge < -0.3 is 10.2 Å². The predicted octanol–water partition coefficient (Wildman–Crippen LogP) is 4.97. The van der Waals surface area contributed by atoms with Crippen LogP contribution >= 0.6 is 0 Å². The van der Waals surface area contributed by atoms with Crippen molar-refractivity contribution in [3.8, 4) is 11.1 Å². The Bertz CT molecular complexity index is 1030. The molecule has 1 N–H and O–H groups in total. The van der Waals surface area contributed by atoms with Crippen LogP contribution in [0.3, 0.4) is 0 Å².